The summed E-state index contributed by atoms with van der Waals surface area (Å²) in [5, 5.41) is 16.6. The number of benzene rings is 2. The molecule has 0 N–H and O–H groups in total. The van der Waals surface area contributed by atoms with E-state index in [0.29, 0.717) is 21.2 Å². The molecule has 1 saturated carbocycles. The number of carbonyl (C=O) groups excluding carboxylic acids is 1. The smallest absolute Gasteiger partial charge is 0.346 e. The van der Waals surface area contributed by atoms with Crippen LogP contribution in [0.5, 0.6) is 5.75 Å². The van der Waals surface area contributed by atoms with Crippen molar-refractivity contribution in [3.05, 3.63) is 71.1 Å². The maximum absolute atomic E-state index is 13.6. The van der Waals surface area contributed by atoms with Crippen molar-refractivity contribution < 1.29 is 19.2 Å². The second-order valence-electron chi connectivity index (χ2n) is 8.71. The largest absolute Gasteiger partial charge is 0.471 e. The lowest BCUT2D eigenvalue weighted by molar-refractivity contribution is -0.386. The standard InChI is InChI=1S/C25H24Br2N4O6/c1-14(25(33)36-2)37-22-16(10-18(27)12-21(22)31(34)35)13-28-30-23(15-6-4-3-5-7-15)29-20-9-8-17(26)11-19(20)24(30)32/h8-15H,3-7H2,1-2H3/t14-/m0/s1. The van der Waals surface area contributed by atoms with Gasteiger partial charge in [0.25, 0.3) is 5.56 Å². The third kappa shape index (κ3) is 5.90. The molecule has 2 aromatic carbocycles. The van der Waals surface area contributed by atoms with E-state index in [4.69, 9.17) is 14.5 Å². The van der Waals surface area contributed by atoms with Crippen molar-refractivity contribution in [2.75, 3.05) is 7.11 Å². The van der Waals surface area contributed by atoms with Crippen LogP contribution in [0.3, 0.4) is 0 Å². The third-order valence-electron chi connectivity index (χ3n) is 6.20. The van der Waals surface area contributed by atoms with Crippen molar-refractivity contribution in [2.24, 2.45) is 5.10 Å². The Kier molecular flexibility index (Phi) is 8.38. The van der Waals surface area contributed by atoms with Crippen LogP contribution in [0.4, 0.5) is 5.69 Å². The summed E-state index contributed by atoms with van der Waals surface area (Å²) in [7, 11) is 1.20. The lowest BCUT2D eigenvalue weighted by Crippen LogP contribution is -2.26. The van der Waals surface area contributed by atoms with Gasteiger partial charge in [-0.15, -0.1) is 0 Å². The van der Waals surface area contributed by atoms with Crippen LogP contribution in [0.15, 0.2) is 49.2 Å². The number of nitrogens with zero attached hydrogens (tertiary/aromatic N) is 4. The van der Waals surface area contributed by atoms with Crippen molar-refractivity contribution in [3.8, 4) is 5.75 Å². The van der Waals surface area contributed by atoms with Gasteiger partial charge in [-0.3, -0.25) is 14.9 Å². The number of ether oxygens (including phenoxy) is 2. The van der Waals surface area contributed by atoms with E-state index in [1.807, 2.05) is 6.07 Å². The average Bonchev–Trinajstić information content (AvgIpc) is 2.89. The summed E-state index contributed by atoms with van der Waals surface area (Å²) < 4.78 is 12.8. The number of carbonyl (C=O) groups is 1. The first kappa shape index (κ1) is 26.9. The fourth-order valence-corrected chi connectivity index (χ4v) is 5.20. The number of esters is 1. The number of fused-ring (bicyclic) bond motifs is 1. The summed E-state index contributed by atoms with van der Waals surface area (Å²) in [6, 6.07) is 8.15. The van der Waals surface area contributed by atoms with Gasteiger partial charge in [0, 0.05) is 26.5 Å². The highest BCUT2D eigenvalue weighted by Gasteiger charge is 2.26. The molecule has 1 aromatic heterocycles. The summed E-state index contributed by atoms with van der Waals surface area (Å²) in [5.74, 6) is -0.261. The van der Waals surface area contributed by atoms with Crippen LogP contribution in [-0.2, 0) is 9.53 Å². The Balaban J connectivity index is 1.88. The molecule has 194 valence electrons. The van der Waals surface area contributed by atoms with Gasteiger partial charge in [-0.25, -0.2) is 9.78 Å². The van der Waals surface area contributed by atoms with Crippen LogP contribution in [-0.4, -0.2) is 40.0 Å². The van der Waals surface area contributed by atoms with Crippen molar-refractivity contribution in [1.82, 2.24) is 9.66 Å². The highest BCUT2D eigenvalue weighted by Crippen LogP contribution is 2.35. The molecule has 0 aliphatic heterocycles. The maximum Gasteiger partial charge on any atom is 0.346 e. The number of hydrogen-bond acceptors (Lipinski definition) is 8. The molecule has 12 heteroatoms. The van der Waals surface area contributed by atoms with Gasteiger partial charge in [0.2, 0.25) is 5.75 Å². The first-order valence-corrected chi connectivity index (χ1v) is 13.3. The number of nitro benzene ring substituents is 1. The zero-order chi connectivity index (χ0) is 26.7. The number of nitro groups is 1. The molecule has 1 aliphatic carbocycles. The Morgan fingerprint density at radius 3 is 2.62 bits per heavy atom. The Morgan fingerprint density at radius 2 is 1.95 bits per heavy atom. The molecule has 0 amide bonds. The van der Waals surface area contributed by atoms with Gasteiger partial charge in [-0.2, -0.15) is 9.78 Å². The molecule has 3 aromatic rings. The van der Waals surface area contributed by atoms with E-state index < -0.39 is 17.0 Å². The van der Waals surface area contributed by atoms with E-state index in [-0.39, 0.29) is 28.5 Å². The summed E-state index contributed by atoms with van der Waals surface area (Å²) in [6.07, 6.45) is 5.17. The average molecular weight is 636 g/mol. The zero-order valence-corrected chi connectivity index (χ0v) is 23.3. The van der Waals surface area contributed by atoms with Crippen molar-refractivity contribution in [3.63, 3.8) is 0 Å². The molecule has 1 atom stereocenters. The van der Waals surface area contributed by atoms with Gasteiger partial charge in [0.05, 0.1) is 29.2 Å². The summed E-state index contributed by atoms with van der Waals surface area (Å²) in [6.45, 7) is 1.43. The minimum absolute atomic E-state index is 0.0542. The minimum Gasteiger partial charge on any atom is -0.471 e. The highest BCUT2D eigenvalue weighted by atomic mass is 79.9. The first-order valence-electron chi connectivity index (χ1n) is 11.7. The number of halogens is 2. The Labute approximate surface area is 229 Å². The van der Waals surface area contributed by atoms with Crippen LogP contribution >= 0.6 is 31.9 Å². The molecule has 1 heterocycles. The normalized spacial score (nSPS) is 15.1. The van der Waals surface area contributed by atoms with Crippen LogP contribution in [0, 0.1) is 10.1 Å². The fraction of sp³-hybridized carbons (Fsp3) is 0.360. The maximum atomic E-state index is 13.6. The van der Waals surface area contributed by atoms with E-state index in [2.05, 4.69) is 37.0 Å². The Hall–Kier alpha value is -3.12. The summed E-state index contributed by atoms with van der Waals surface area (Å²) >= 11 is 6.69. The monoisotopic (exact) mass is 634 g/mol. The number of rotatable bonds is 7. The van der Waals surface area contributed by atoms with E-state index in [0.717, 1.165) is 36.6 Å². The molecule has 1 fully saturated rings. The minimum atomic E-state index is -1.11. The van der Waals surface area contributed by atoms with Gasteiger partial charge >= 0.3 is 11.7 Å². The van der Waals surface area contributed by atoms with Gasteiger partial charge < -0.3 is 9.47 Å². The Morgan fingerprint density at radius 1 is 1.22 bits per heavy atom. The molecule has 0 radical (unpaired) electrons. The molecule has 37 heavy (non-hydrogen) atoms. The molecule has 0 bridgehead atoms. The molecule has 0 saturated heterocycles. The second kappa shape index (κ2) is 11.5. The lowest BCUT2D eigenvalue weighted by Gasteiger charge is -2.22. The second-order valence-corrected chi connectivity index (χ2v) is 10.5. The molecule has 4 rings (SSSR count). The predicted octanol–water partition coefficient (Wildman–Crippen LogP) is 5.70. The third-order valence-corrected chi connectivity index (χ3v) is 7.15. The summed E-state index contributed by atoms with van der Waals surface area (Å²) in [4.78, 5) is 41.5. The van der Waals surface area contributed by atoms with Crippen molar-refractivity contribution >= 4 is 60.6 Å². The molecule has 10 nitrogen and oxygen atoms in total. The van der Waals surface area contributed by atoms with E-state index in [1.165, 1.54) is 31.0 Å². The molecular weight excluding hydrogens is 612 g/mol. The zero-order valence-electron chi connectivity index (χ0n) is 20.1. The lowest BCUT2D eigenvalue weighted by atomic mass is 9.88. The number of methoxy groups -OCH3 is 1. The first-order chi connectivity index (χ1) is 17.7. The molecular formula is C25H24Br2N4O6. The van der Waals surface area contributed by atoms with Crippen LogP contribution in [0.25, 0.3) is 10.9 Å². The quantitative estimate of drug-likeness (QED) is 0.141. The van der Waals surface area contributed by atoms with Crippen LogP contribution in [0.1, 0.15) is 56.3 Å². The number of aromatic nitrogens is 2. The van der Waals surface area contributed by atoms with Crippen LogP contribution < -0.4 is 10.3 Å². The van der Waals surface area contributed by atoms with Crippen LogP contribution in [0.2, 0.25) is 0 Å². The fourth-order valence-electron chi connectivity index (χ4n) is 4.37. The molecule has 1 aliphatic rings. The topological polar surface area (TPSA) is 126 Å². The number of hydrogen-bond donors (Lipinski definition) is 0. The SMILES string of the molecule is COC(=O)[C@H](C)Oc1c(C=Nn2c(C3CCCCC3)nc3ccc(Br)cc3c2=O)cc(Br)cc1[N+](=O)[O-]. The Bertz CT molecular complexity index is 1450. The van der Waals surface area contributed by atoms with Gasteiger partial charge in [-0.1, -0.05) is 51.1 Å². The van der Waals surface area contributed by atoms with Gasteiger partial charge in [-0.05, 0) is 44.0 Å². The van der Waals surface area contributed by atoms with E-state index in [9.17, 15) is 19.7 Å². The van der Waals surface area contributed by atoms with E-state index >= 15 is 0 Å². The summed E-state index contributed by atoms with van der Waals surface area (Å²) in [5.41, 5.74) is 0.0620. The highest BCUT2D eigenvalue weighted by molar-refractivity contribution is 9.10. The van der Waals surface area contributed by atoms with Crippen molar-refractivity contribution in [1.29, 1.82) is 0 Å². The molecule has 0 spiro atoms. The van der Waals surface area contributed by atoms with Crippen molar-refractivity contribution in [2.45, 2.75) is 51.0 Å². The molecule has 0 unspecified atom stereocenters. The predicted molar refractivity (Wildman–Crippen MR) is 145 cm³/mol. The van der Waals surface area contributed by atoms with E-state index in [1.54, 1.807) is 18.2 Å². The van der Waals surface area contributed by atoms with Gasteiger partial charge in [0.1, 0.15) is 5.82 Å². The van der Waals surface area contributed by atoms with Gasteiger partial charge in [0.15, 0.2) is 6.10 Å².